The van der Waals surface area contributed by atoms with Crippen LogP contribution < -0.4 is 5.73 Å². The van der Waals surface area contributed by atoms with Crippen LogP contribution in [0.1, 0.15) is 25.0 Å². The number of hydrogen-bond acceptors (Lipinski definition) is 4. The van der Waals surface area contributed by atoms with E-state index in [1.54, 1.807) is 0 Å². The smallest absolute Gasteiger partial charge is 0.261 e. The molecule has 0 aliphatic heterocycles. The van der Waals surface area contributed by atoms with Gasteiger partial charge in [0.05, 0.1) is 13.2 Å². The van der Waals surface area contributed by atoms with Crippen LogP contribution in [0, 0.1) is 0 Å². The topological polar surface area (TPSA) is 66.0 Å². The summed E-state index contributed by atoms with van der Waals surface area (Å²) in [6, 6.07) is 0. The Morgan fingerprint density at radius 1 is 1.35 bits per heavy atom. The zero-order valence-corrected chi connectivity index (χ0v) is 9.90. The highest BCUT2D eigenvalue weighted by Gasteiger charge is 2.10. The molecule has 17 heavy (non-hydrogen) atoms. The zero-order chi connectivity index (χ0) is 12.7. The first kappa shape index (κ1) is 14.0. The fourth-order valence-electron chi connectivity index (χ4n) is 1.53. The van der Waals surface area contributed by atoms with Crippen molar-refractivity contribution in [2.24, 2.45) is 5.73 Å². The molecule has 1 aromatic heterocycles. The third-order valence-electron chi connectivity index (χ3n) is 2.25. The molecular formula is C10H18F2N4O. The second kappa shape index (κ2) is 7.29. The summed E-state index contributed by atoms with van der Waals surface area (Å²) in [7, 11) is 0. The highest BCUT2D eigenvalue weighted by atomic mass is 19.3. The molecule has 0 unspecified atom stereocenters. The average Bonchev–Trinajstić information content (AvgIpc) is 2.67. The number of rotatable bonds is 8. The van der Waals surface area contributed by atoms with Gasteiger partial charge in [0.2, 0.25) is 0 Å². The molecule has 0 saturated heterocycles. The van der Waals surface area contributed by atoms with E-state index in [0.717, 1.165) is 24.6 Å². The molecule has 98 valence electrons. The molecule has 0 atom stereocenters. The molecule has 0 spiro atoms. The monoisotopic (exact) mass is 248 g/mol. The summed E-state index contributed by atoms with van der Waals surface area (Å²) in [5.41, 5.74) is 5.54. The van der Waals surface area contributed by atoms with Crippen molar-refractivity contribution in [3.8, 4) is 0 Å². The molecular weight excluding hydrogens is 230 g/mol. The minimum atomic E-state index is -2.43. The third-order valence-corrected chi connectivity index (χ3v) is 2.25. The van der Waals surface area contributed by atoms with E-state index in [9.17, 15) is 8.78 Å². The minimum absolute atomic E-state index is 0.219. The SMILES string of the molecule is CCCn1c(CN)nnc1CCOCC(F)F. The first-order valence-electron chi connectivity index (χ1n) is 5.66. The van der Waals surface area contributed by atoms with E-state index in [1.807, 2.05) is 11.5 Å². The lowest BCUT2D eigenvalue weighted by Gasteiger charge is -2.08. The van der Waals surface area contributed by atoms with Crippen LogP contribution in [-0.4, -0.2) is 34.4 Å². The Kier molecular flexibility index (Phi) is 5.99. The van der Waals surface area contributed by atoms with Crippen molar-refractivity contribution < 1.29 is 13.5 Å². The van der Waals surface area contributed by atoms with E-state index >= 15 is 0 Å². The van der Waals surface area contributed by atoms with Crippen LogP contribution in [0.15, 0.2) is 0 Å². The van der Waals surface area contributed by atoms with Gasteiger partial charge in [0, 0.05) is 13.0 Å². The number of ether oxygens (including phenoxy) is 1. The number of halogens is 2. The van der Waals surface area contributed by atoms with Crippen molar-refractivity contribution in [3.63, 3.8) is 0 Å². The minimum Gasteiger partial charge on any atom is -0.375 e. The fraction of sp³-hybridized carbons (Fsp3) is 0.800. The summed E-state index contributed by atoms with van der Waals surface area (Å²) in [4.78, 5) is 0. The molecule has 0 bridgehead atoms. The first-order chi connectivity index (χ1) is 8.19. The Morgan fingerprint density at radius 2 is 2.06 bits per heavy atom. The predicted octanol–water partition coefficient (Wildman–Crippen LogP) is 0.971. The molecule has 0 aliphatic carbocycles. The molecule has 7 heteroatoms. The third kappa shape index (κ3) is 4.35. The summed E-state index contributed by atoms with van der Waals surface area (Å²) in [6.45, 7) is 2.83. The maximum Gasteiger partial charge on any atom is 0.261 e. The Bertz CT molecular complexity index is 330. The summed E-state index contributed by atoms with van der Waals surface area (Å²) >= 11 is 0. The van der Waals surface area contributed by atoms with Crippen molar-refractivity contribution in [2.75, 3.05) is 13.2 Å². The molecule has 0 saturated carbocycles. The van der Waals surface area contributed by atoms with E-state index in [1.165, 1.54) is 0 Å². The first-order valence-corrected chi connectivity index (χ1v) is 5.66. The summed E-state index contributed by atoms with van der Waals surface area (Å²) in [5, 5.41) is 7.94. The van der Waals surface area contributed by atoms with Crippen LogP contribution in [0.25, 0.3) is 0 Å². The van der Waals surface area contributed by atoms with Crippen LogP contribution in [0.4, 0.5) is 8.78 Å². The standard InChI is InChI=1S/C10H18F2N4O/c1-2-4-16-9(14-15-10(16)6-13)3-5-17-7-8(11)12/h8H,2-7,13H2,1H3. The van der Waals surface area contributed by atoms with Gasteiger partial charge in [0.15, 0.2) is 0 Å². The van der Waals surface area contributed by atoms with E-state index in [0.29, 0.717) is 13.0 Å². The van der Waals surface area contributed by atoms with Gasteiger partial charge in [-0.25, -0.2) is 8.78 Å². The molecule has 1 aromatic rings. The average molecular weight is 248 g/mol. The fourth-order valence-corrected chi connectivity index (χ4v) is 1.53. The summed E-state index contributed by atoms with van der Waals surface area (Å²) in [6.07, 6.45) is -1.02. The van der Waals surface area contributed by atoms with Crippen molar-refractivity contribution in [3.05, 3.63) is 11.6 Å². The Morgan fingerprint density at radius 3 is 2.65 bits per heavy atom. The lowest BCUT2D eigenvalue weighted by Crippen LogP contribution is -2.13. The van der Waals surface area contributed by atoms with Gasteiger partial charge in [0.25, 0.3) is 6.43 Å². The van der Waals surface area contributed by atoms with Crippen LogP contribution in [0.3, 0.4) is 0 Å². The van der Waals surface area contributed by atoms with Crippen molar-refractivity contribution in [1.29, 1.82) is 0 Å². The van der Waals surface area contributed by atoms with Crippen LogP contribution in [0.5, 0.6) is 0 Å². The van der Waals surface area contributed by atoms with E-state index in [2.05, 4.69) is 10.2 Å². The van der Waals surface area contributed by atoms with Gasteiger partial charge in [-0.3, -0.25) is 0 Å². The Balaban J connectivity index is 2.49. The number of alkyl halides is 2. The van der Waals surface area contributed by atoms with Gasteiger partial charge in [-0.05, 0) is 6.42 Å². The number of nitrogens with two attached hydrogens (primary N) is 1. The Labute approximate surface area is 99.0 Å². The summed E-state index contributed by atoms with van der Waals surface area (Å²) < 4.78 is 30.4. The van der Waals surface area contributed by atoms with E-state index < -0.39 is 13.0 Å². The van der Waals surface area contributed by atoms with Crippen molar-refractivity contribution >= 4 is 0 Å². The molecule has 0 aromatic carbocycles. The largest absolute Gasteiger partial charge is 0.375 e. The zero-order valence-electron chi connectivity index (χ0n) is 9.90. The Hall–Kier alpha value is -1.08. The van der Waals surface area contributed by atoms with Gasteiger partial charge >= 0.3 is 0 Å². The van der Waals surface area contributed by atoms with Gasteiger partial charge in [-0.2, -0.15) is 0 Å². The second-order valence-corrected chi connectivity index (χ2v) is 3.60. The highest BCUT2D eigenvalue weighted by molar-refractivity contribution is 4.95. The van der Waals surface area contributed by atoms with Crippen LogP contribution in [-0.2, 0) is 24.2 Å². The van der Waals surface area contributed by atoms with E-state index in [-0.39, 0.29) is 6.61 Å². The van der Waals surface area contributed by atoms with Gasteiger partial charge in [-0.1, -0.05) is 6.92 Å². The quantitative estimate of drug-likeness (QED) is 0.696. The number of aromatic nitrogens is 3. The molecule has 5 nitrogen and oxygen atoms in total. The van der Waals surface area contributed by atoms with Crippen molar-refractivity contribution in [1.82, 2.24) is 14.8 Å². The molecule has 0 radical (unpaired) electrons. The lowest BCUT2D eigenvalue weighted by atomic mass is 10.4. The highest BCUT2D eigenvalue weighted by Crippen LogP contribution is 2.05. The van der Waals surface area contributed by atoms with Crippen LogP contribution in [0.2, 0.25) is 0 Å². The molecule has 0 aliphatic rings. The van der Waals surface area contributed by atoms with Crippen molar-refractivity contribution in [2.45, 2.75) is 39.3 Å². The van der Waals surface area contributed by atoms with Gasteiger partial charge < -0.3 is 15.0 Å². The number of hydrogen-bond donors (Lipinski definition) is 1. The van der Waals surface area contributed by atoms with Gasteiger partial charge in [-0.15, -0.1) is 10.2 Å². The lowest BCUT2D eigenvalue weighted by molar-refractivity contribution is 0.0181. The maximum absolute atomic E-state index is 11.8. The molecule has 1 heterocycles. The molecule has 1 rings (SSSR count). The molecule has 0 amide bonds. The van der Waals surface area contributed by atoms with E-state index in [4.69, 9.17) is 10.5 Å². The van der Waals surface area contributed by atoms with Crippen LogP contribution >= 0.6 is 0 Å². The molecule has 2 N–H and O–H groups in total. The summed E-state index contributed by atoms with van der Waals surface area (Å²) in [5.74, 6) is 1.46. The normalized spacial score (nSPS) is 11.4. The predicted molar refractivity (Wildman–Crippen MR) is 58.7 cm³/mol. The maximum atomic E-state index is 11.8. The molecule has 0 fully saturated rings. The number of nitrogens with zero attached hydrogens (tertiary/aromatic N) is 3. The second-order valence-electron chi connectivity index (χ2n) is 3.60. The van der Waals surface area contributed by atoms with Gasteiger partial charge in [0.1, 0.15) is 18.3 Å².